The fraction of sp³-hybridized carbons (Fsp3) is 0.138. The number of rotatable bonds is 10. The Bertz CT molecular complexity index is 879. The van der Waals surface area contributed by atoms with E-state index in [0.717, 1.165) is 25.4 Å². The first-order valence-corrected chi connectivity index (χ1v) is 16.5. The normalized spacial score (nSPS) is 10.1. The average Bonchev–Trinajstić information content (AvgIpc) is 2.97. The summed E-state index contributed by atoms with van der Waals surface area (Å²) in [6.45, 7) is 5.09. The molecule has 4 rings (SSSR count). The van der Waals surface area contributed by atoms with Crippen LogP contribution < -0.4 is 21.2 Å². The Balaban J connectivity index is 0.00000103. The molecule has 0 N–H and O–H groups in total. The van der Waals surface area contributed by atoms with Crippen molar-refractivity contribution in [3.8, 4) is 0 Å². The molecule has 0 bridgehead atoms. The van der Waals surface area contributed by atoms with Gasteiger partial charge in [-0.3, -0.25) is 6.79 Å². The van der Waals surface area contributed by atoms with Crippen LogP contribution in [0.2, 0.25) is 0 Å². The van der Waals surface area contributed by atoms with Crippen LogP contribution in [0.5, 0.6) is 0 Å². The second kappa shape index (κ2) is 18.5. The van der Waals surface area contributed by atoms with E-state index in [0.29, 0.717) is 0 Å². The van der Waals surface area contributed by atoms with E-state index in [9.17, 15) is 0 Å². The van der Waals surface area contributed by atoms with Crippen LogP contribution in [0.25, 0.3) is 5.32 Å². The van der Waals surface area contributed by atoms with Crippen LogP contribution in [0.15, 0.2) is 121 Å². The maximum atomic E-state index is 7.75. The molecule has 4 aromatic carbocycles. The minimum absolute atomic E-state index is 0.359. The molecule has 4 aromatic rings. The van der Waals surface area contributed by atoms with Crippen LogP contribution in [0.1, 0.15) is 0 Å². The molecule has 0 fully saturated rings. The number of nitrogens with zero attached hydrogens (tertiary/aromatic N) is 1. The summed E-state index contributed by atoms with van der Waals surface area (Å²) in [6.07, 6.45) is 2.22. The molecule has 0 aliphatic carbocycles. The zero-order chi connectivity index (χ0) is 25.1. The van der Waals surface area contributed by atoms with Gasteiger partial charge in [0.15, 0.2) is 0 Å². The third-order valence-corrected chi connectivity index (χ3v) is 10.2. The van der Waals surface area contributed by atoms with Crippen molar-refractivity contribution in [1.82, 2.24) is 0 Å². The van der Waals surface area contributed by atoms with E-state index >= 15 is 0 Å². The molecule has 0 aromatic heterocycles. The fourth-order valence-corrected chi connectivity index (χ4v) is 8.14. The summed E-state index contributed by atoms with van der Waals surface area (Å²) in [4.78, 5) is 7.75. The van der Waals surface area contributed by atoms with Gasteiger partial charge in [0.05, 0.1) is 0 Å². The molecule has 0 unspecified atom stereocenters. The Kier molecular flexibility index (Phi) is 15.6. The molecule has 0 saturated carbocycles. The van der Waals surface area contributed by atoms with Gasteiger partial charge in [-0.2, -0.15) is 0 Å². The van der Waals surface area contributed by atoms with E-state index in [1.54, 1.807) is 0 Å². The molecule has 0 amide bonds. The molecule has 181 valence electrons. The molecule has 2 nitrogen and oxygen atoms in total. The van der Waals surface area contributed by atoms with Crippen LogP contribution in [-0.2, 0) is 22.1 Å². The van der Waals surface area contributed by atoms with E-state index in [1.807, 2.05) is 17.3 Å². The topological polar surface area (TPSA) is 31.2 Å². The summed E-state index contributed by atoms with van der Waals surface area (Å²) in [5.74, 6) is 0. The SMILES string of the molecule is [CH-]=O.[Cl][Ru+2].c1ccc(P(CC[N-]CCP(c2ccccc2)c2ccccc2)c2ccccc2)cc1. The van der Waals surface area contributed by atoms with Crippen molar-refractivity contribution in [3.63, 3.8) is 0 Å². The maximum Gasteiger partial charge on any atom is -0.0196 e. The molecule has 0 spiro atoms. The Hall–Kier alpha value is -1.72. The van der Waals surface area contributed by atoms with Crippen LogP contribution in [-0.4, -0.2) is 32.2 Å². The van der Waals surface area contributed by atoms with Gasteiger partial charge in [-0.25, -0.2) is 0 Å². The zero-order valence-electron chi connectivity index (χ0n) is 19.4. The smallest absolute Gasteiger partial charge is 0.0196 e. The van der Waals surface area contributed by atoms with Crippen LogP contribution >= 0.6 is 25.5 Å². The molecule has 6 heteroatoms. The molecular formula is C29H29ClNOP2Ru. The van der Waals surface area contributed by atoms with E-state index in [2.05, 4.69) is 138 Å². The fourth-order valence-electron chi connectivity index (χ4n) is 3.70. The molecule has 0 heterocycles. The van der Waals surface area contributed by atoms with Crippen molar-refractivity contribution in [3.05, 3.63) is 127 Å². The third-order valence-electron chi connectivity index (χ3n) is 5.23. The van der Waals surface area contributed by atoms with Crippen LogP contribution in [0.4, 0.5) is 0 Å². The maximum absolute atomic E-state index is 7.75. The average molecular weight is 606 g/mol. The first kappa shape index (κ1) is 29.5. The number of hydrogen-bond acceptors (Lipinski definition) is 1. The summed E-state index contributed by atoms with van der Waals surface area (Å²) in [6, 6.07) is 43.7. The predicted molar refractivity (Wildman–Crippen MR) is 154 cm³/mol. The van der Waals surface area contributed by atoms with E-state index in [-0.39, 0.29) is 15.8 Å². The van der Waals surface area contributed by atoms with E-state index in [4.69, 9.17) is 10.1 Å². The minimum Gasteiger partial charge on any atom is -0.662 e. The van der Waals surface area contributed by atoms with Crippen molar-refractivity contribution < 1.29 is 22.1 Å². The quantitative estimate of drug-likeness (QED) is 0.0713. The molecular weight excluding hydrogens is 577 g/mol. The Morgan fingerprint density at radius 3 is 0.971 bits per heavy atom. The summed E-state index contributed by atoms with van der Waals surface area (Å²) in [7, 11) is 3.85. The van der Waals surface area contributed by atoms with Gasteiger partial charge < -0.3 is 10.1 Å². The second-order valence-corrected chi connectivity index (χ2v) is 12.0. The summed E-state index contributed by atoms with van der Waals surface area (Å²) >= 11 is 1.82. The van der Waals surface area contributed by atoms with Crippen molar-refractivity contribution >= 4 is 53.5 Å². The van der Waals surface area contributed by atoms with Crippen LogP contribution in [0, 0.1) is 0 Å². The predicted octanol–water partition coefficient (Wildman–Crippen LogP) is 6.04. The van der Waals surface area contributed by atoms with Gasteiger partial charge in [-0.1, -0.05) is 121 Å². The summed E-state index contributed by atoms with van der Waals surface area (Å²) in [5.41, 5.74) is 0. The molecule has 0 saturated heterocycles. The molecule has 0 aliphatic rings. The van der Waals surface area contributed by atoms with Crippen molar-refractivity contribution in [2.75, 3.05) is 25.4 Å². The monoisotopic (exact) mass is 606 g/mol. The largest absolute Gasteiger partial charge is 0.662 e. The molecule has 0 atom stereocenters. The number of benzene rings is 4. The minimum atomic E-state index is -0.359. The summed E-state index contributed by atoms with van der Waals surface area (Å²) in [5, 5.41) is 10.7. The molecule has 35 heavy (non-hydrogen) atoms. The van der Waals surface area contributed by atoms with Crippen LogP contribution in [0.3, 0.4) is 0 Å². The zero-order valence-corrected chi connectivity index (χ0v) is 23.7. The number of carbonyl (C=O) groups excluding carboxylic acids is 1. The van der Waals surface area contributed by atoms with E-state index in [1.165, 1.54) is 21.2 Å². The van der Waals surface area contributed by atoms with Crippen molar-refractivity contribution in [2.24, 2.45) is 0 Å². The van der Waals surface area contributed by atoms with Gasteiger partial charge >= 0.3 is 27.0 Å². The first-order valence-electron chi connectivity index (χ1n) is 11.2. The Morgan fingerprint density at radius 2 is 0.743 bits per heavy atom. The first-order chi connectivity index (χ1) is 17.4. The number of halogens is 1. The van der Waals surface area contributed by atoms with Gasteiger partial charge in [-0.05, 0) is 49.4 Å². The van der Waals surface area contributed by atoms with Gasteiger partial charge in [0.1, 0.15) is 0 Å². The summed E-state index contributed by atoms with van der Waals surface area (Å²) < 4.78 is 0. The standard InChI is InChI=1S/C28H28NP2.CHO.ClH.Ru/c1-5-13-25(14-6-1)30(26-15-7-2-8-16-26)23-21-29-22-24-31(27-17-9-3-10-18-27)28-19-11-4-12-20-28;1-2;;/h1-20H,21-24H2;1H;1H;/q2*-1;;+3/p-1. The van der Waals surface area contributed by atoms with Gasteiger partial charge in [0.25, 0.3) is 0 Å². The third kappa shape index (κ3) is 10.0. The second-order valence-electron chi connectivity index (χ2n) is 7.32. The van der Waals surface area contributed by atoms with Gasteiger partial charge in [0.2, 0.25) is 0 Å². The van der Waals surface area contributed by atoms with Gasteiger partial charge in [-0.15, -0.1) is 13.1 Å². The Labute approximate surface area is 226 Å². The van der Waals surface area contributed by atoms with Crippen molar-refractivity contribution in [1.29, 1.82) is 0 Å². The van der Waals surface area contributed by atoms with Crippen molar-refractivity contribution in [2.45, 2.75) is 0 Å². The molecule has 0 aliphatic heterocycles. The Morgan fingerprint density at radius 1 is 0.514 bits per heavy atom. The molecule has 0 radical (unpaired) electrons. The van der Waals surface area contributed by atoms with E-state index < -0.39 is 0 Å². The van der Waals surface area contributed by atoms with Gasteiger partial charge in [0, 0.05) is 0 Å². The number of hydrogen-bond donors (Lipinski definition) is 0.